The minimum atomic E-state index is -3.61. The highest BCUT2D eigenvalue weighted by atomic mass is 32.2. The zero-order valence-electron chi connectivity index (χ0n) is 11.6. The summed E-state index contributed by atoms with van der Waals surface area (Å²) in [7, 11) is -3.61. The number of sulfonamides is 1. The molecule has 2 aromatic carbocycles. The fourth-order valence-electron chi connectivity index (χ4n) is 2.00. The summed E-state index contributed by atoms with van der Waals surface area (Å²) in [4.78, 5) is 0.178. The molecular formula is C15H18N2O2S. The van der Waals surface area contributed by atoms with E-state index in [0.717, 1.165) is 17.5 Å². The van der Waals surface area contributed by atoms with Gasteiger partial charge in [0.05, 0.1) is 4.90 Å². The van der Waals surface area contributed by atoms with Gasteiger partial charge in [0, 0.05) is 11.4 Å². The number of aryl methyl sites for hydroxylation is 2. The van der Waals surface area contributed by atoms with Crippen LogP contribution in [-0.2, 0) is 16.4 Å². The molecule has 2 aromatic rings. The van der Waals surface area contributed by atoms with Crippen molar-refractivity contribution in [2.24, 2.45) is 0 Å². The van der Waals surface area contributed by atoms with Crippen molar-refractivity contribution in [3.63, 3.8) is 0 Å². The first kappa shape index (κ1) is 14.4. The first-order valence-corrected chi connectivity index (χ1v) is 7.88. The van der Waals surface area contributed by atoms with Gasteiger partial charge in [0.2, 0.25) is 0 Å². The lowest BCUT2D eigenvalue weighted by atomic mass is 10.1. The Labute approximate surface area is 119 Å². The summed E-state index contributed by atoms with van der Waals surface area (Å²) in [6.07, 6.45) is 0.854. The van der Waals surface area contributed by atoms with Crippen molar-refractivity contribution in [2.75, 3.05) is 10.5 Å². The Morgan fingerprint density at radius 1 is 1.15 bits per heavy atom. The fourth-order valence-corrected chi connectivity index (χ4v) is 3.19. The van der Waals surface area contributed by atoms with Crippen LogP contribution < -0.4 is 10.5 Å². The van der Waals surface area contributed by atoms with E-state index < -0.39 is 10.0 Å². The Hall–Kier alpha value is -2.01. The molecule has 2 rings (SSSR count). The molecule has 0 radical (unpaired) electrons. The quantitative estimate of drug-likeness (QED) is 0.850. The van der Waals surface area contributed by atoms with Gasteiger partial charge in [-0.2, -0.15) is 0 Å². The van der Waals surface area contributed by atoms with Gasteiger partial charge >= 0.3 is 0 Å². The molecule has 0 aliphatic rings. The number of anilines is 2. The maximum absolute atomic E-state index is 12.3. The monoisotopic (exact) mass is 290 g/mol. The van der Waals surface area contributed by atoms with E-state index in [9.17, 15) is 8.42 Å². The maximum atomic E-state index is 12.3. The van der Waals surface area contributed by atoms with Gasteiger partial charge in [-0.15, -0.1) is 0 Å². The van der Waals surface area contributed by atoms with Crippen LogP contribution in [0.1, 0.15) is 18.1 Å². The Balaban J connectivity index is 2.35. The molecule has 0 amide bonds. The highest BCUT2D eigenvalue weighted by Crippen LogP contribution is 2.20. The van der Waals surface area contributed by atoms with Gasteiger partial charge in [0.15, 0.2) is 0 Å². The molecule has 0 spiro atoms. The Morgan fingerprint density at radius 3 is 2.55 bits per heavy atom. The number of nitrogens with two attached hydrogens (primary N) is 1. The topological polar surface area (TPSA) is 72.2 Å². The minimum Gasteiger partial charge on any atom is -0.399 e. The van der Waals surface area contributed by atoms with Crippen LogP contribution in [0.3, 0.4) is 0 Å². The summed E-state index contributed by atoms with van der Waals surface area (Å²) in [5.74, 6) is 0. The third kappa shape index (κ3) is 3.30. The number of nitrogens with one attached hydrogen (secondary N) is 1. The molecule has 4 nitrogen and oxygen atoms in total. The average Bonchev–Trinajstić information content (AvgIpc) is 2.37. The van der Waals surface area contributed by atoms with Crippen LogP contribution in [0.15, 0.2) is 47.4 Å². The van der Waals surface area contributed by atoms with Gasteiger partial charge in [0.1, 0.15) is 0 Å². The summed E-state index contributed by atoms with van der Waals surface area (Å²) in [6, 6.07) is 12.1. The number of rotatable bonds is 4. The highest BCUT2D eigenvalue weighted by Gasteiger charge is 2.15. The molecule has 0 unspecified atom stereocenters. The molecule has 0 heterocycles. The third-order valence-electron chi connectivity index (χ3n) is 2.97. The van der Waals surface area contributed by atoms with Crippen LogP contribution in [0.4, 0.5) is 11.4 Å². The first-order chi connectivity index (χ1) is 9.40. The molecule has 106 valence electrons. The smallest absolute Gasteiger partial charge is 0.261 e. The Bertz CT molecular complexity index is 704. The molecule has 20 heavy (non-hydrogen) atoms. The van der Waals surface area contributed by atoms with E-state index in [1.54, 1.807) is 18.2 Å². The zero-order valence-corrected chi connectivity index (χ0v) is 12.4. The maximum Gasteiger partial charge on any atom is 0.261 e. The van der Waals surface area contributed by atoms with E-state index in [-0.39, 0.29) is 4.90 Å². The van der Waals surface area contributed by atoms with E-state index in [1.807, 2.05) is 32.0 Å². The number of nitrogen functional groups attached to an aromatic ring is 1. The molecule has 3 N–H and O–H groups in total. The summed E-state index contributed by atoms with van der Waals surface area (Å²) >= 11 is 0. The van der Waals surface area contributed by atoms with E-state index in [4.69, 9.17) is 5.73 Å². The largest absolute Gasteiger partial charge is 0.399 e. The van der Waals surface area contributed by atoms with E-state index in [0.29, 0.717) is 11.4 Å². The second-order valence-electron chi connectivity index (χ2n) is 4.74. The highest BCUT2D eigenvalue weighted by molar-refractivity contribution is 7.92. The van der Waals surface area contributed by atoms with Crippen molar-refractivity contribution in [3.8, 4) is 0 Å². The second kappa shape index (κ2) is 5.54. The van der Waals surface area contributed by atoms with Crippen LogP contribution in [0.2, 0.25) is 0 Å². The van der Waals surface area contributed by atoms with Gasteiger partial charge in [0.25, 0.3) is 10.0 Å². The van der Waals surface area contributed by atoms with Gasteiger partial charge < -0.3 is 5.73 Å². The lowest BCUT2D eigenvalue weighted by Crippen LogP contribution is -2.13. The third-order valence-corrected chi connectivity index (χ3v) is 4.33. The van der Waals surface area contributed by atoms with Gasteiger partial charge in [-0.05, 0) is 54.8 Å². The minimum absolute atomic E-state index is 0.178. The number of benzene rings is 2. The Morgan fingerprint density at radius 2 is 1.90 bits per heavy atom. The normalized spacial score (nSPS) is 11.3. The lowest BCUT2D eigenvalue weighted by Gasteiger charge is -2.10. The van der Waals surface area contributed by atoms with E-state index in [2.05, 4.69) is 4.72 Å². The lowest BCUT2D eigenvalue weighted by molar-refractivity contribution is 0.601. The summed E-state index contributed by atoms with van der Waals surface area (Å²) in [6.45, 7) is 3.84. The fraction of sp³-hybridized carbons (Fsp3) is 0.200. The molecule has 0 bridgehead atoms. The van der Waals surface area contributed by atoms with Gasteiger partial charge in [-0.3, -0.25) is 4.72 Å². The van der Waals surface area contributed by atoms with E-state index >= 15 is 0 Å². The van der Waals surface area contributed by atoms with Crippen LogP contribution in [-0.4, -0.2) is 8.42 Å². The van der Waals surface area contributed by atoms with Crippen LogP contribution >= 0.6 is 0 Å². The first-order valence-electron chi connectivity index (χ1n) is 6.39. The summed E-state index contributed by atoms with van der Waals surface area (Å²) in [5, 5.41) is 0. The molecule has 0 saturated carbocycles. The molecule has 0 aliphatic carbocycles. The van der Waals surface area contributed by atoms with Crippen molar-refractivity contribution >= 4 is 21.4 Å². The summed E-state index contributed by atoms with van der Waals surface area (Å²) in [5.41, 5.74) is 8.59. The van der Waals surface area contributed by atoms with Crippen molar-refractivity contribution in [2.45, 2.75) is 25.2 Å². The van der Waals surface area contributed by atoms with Crippen molar-refractivity contribution in [1.29, 1.82) is 0 Å². The van der Waals surface area contributed by atoms with Crippen molar-refractivity contribution in [3.05, 3.63) is 53.6 Å². The molecule has 0 aliphatic heterocycles. The molecule has 0 fully saturated rings. The molecule has 0 saturated heterocycles. The van der Waals surface area contributed by atoms with Gasteiger partial charge in [-0.25, -0.2) is 8.42 Å². The molecule has 5 heteroatoms. The van der Waals surface area contributed by atoms with Crippen LogP contribution in [0, 0.1) is 6.92 Å². The number of hydrogen-bond acceptors (Lipinski definition) is 3. The van der Waals surface area contributed by atoms with Gasteiger partial charge in [-0.1, -0.05) is 19.1 Å². The average molecular weight is 290 g/mol. The standard InChI is InChI=1S/C15H18N2O2S/c1-3-12-5-4-6-14(9-12)17-20(18,19)15-8-11(2)7-13(16)10-15/h4-10,17H,3,16H2,1-2H3. The second-order valence-corrected chi connectivity index (χ2v) is 6.42. The molecule has 0 atom stereocenters. The van der Waals surface area contributed by atoms with Crippen molar-refractivity contribution in [1.82, 2.24) is 0 Å². The number of hydrogen-bond donors (Lipinski definition) is 2. The Kier molecular flexibility index (Phi) is 3.99. The summed E-state index contributed by atoms with van der Waals surface area (Å²) < 4.78 is 27.3. The van der Waals surface area contributed by atoms with Crippen LogP contribution in [0.25, 0.3) is 0 Å². The predicted octanol–water partition coefficient (Wildman–Crippen LogP) is 2.94. The van der Waals surface area contributed by atoms with Crippen molar-refractivity contribution < 1.29 is 8.42 Å². The molecule has 0 aromatic heterocycles. The zero-order chi connectivity index (χ0) is 14.8. The molecular weight excluding hydrogens is 272 g/mol. The van der Waals surface area contributed by atoms with E-state index in [1.165, 1.54) is 6.07 Å². The SMILES string of the molecule is CCc1cccc(NS(=O)(=O)c2cc(C)cc(N)c2)c1. The predicted molar refractivity (Wildman–Crippen MR) is 82.2 cm³/mol. The van der Waals surface area contributed by atoms with Crippen LogP contribution in [0.5, 0.6) is 0 Å².